The Morgan fingerprint density at radius 1 is 0.946 bits per heavy atom. The smallest absolute Gasteiger partial charge is 0.407 e. The number of amides is 5. The number of nitrogens with zero attached hydrogens (tertiary/aromatic N) is 2. The van der Waals surface area contributed by atoms with Gasteiger partial charge in [0.05, 0.1) is 11.1 Å². The average Bonchev–Trinajstić information content (AvgIpc) is 3.06. The van der Waals surface area contributed by atoms with Gasteiger partial charge in [0.1, 0.15) is 5.60 Å². The Morgan fingerprint density at radius 2 is 1.57 bits per heavy atom. The Labute approximate surface area is 218 Å². The van der Waals surface area contributed by atoms with Gasteiger partial charge in [-0.15, -0.1) is 0 Å². The van der Waals surface area contributed by atoms with Crippen molar-refractivity contribution in [3.8, 4) is 0 Å². The fourth-order valence-electron chi connectivity index (χ4n) is 4.44. The third kappa shape index (κ3) is 7.08. The monoisotopic (exact) mass is 514 g/mol. The van der Waals surface area contributed by atoms with E-state index in [0.29, 0.717) is 30.8 Å². The first-order valence-corrected chi connectivity index (χ1v) is 12.7. The number of piperidine rings is 1. The van der Waals surface area contributed by atoms with Crippen molar-refractivity contribution in [1.82, 2.24) is 20.4 Å². The molecular formula is C27H38N4O6. The number of alkyl carbamates (subject to hydrolysis) is 1. The van der Waals surface area contributed by atoms with E-state index in [2.05, 4.69) is 10.6 Å². The molecule has 37 heavy (non-hydrogen) atoms. The summed E-state index contributed by atoms with van der Waals surface area (Å²) in [5.74, 6) is -0.802. The van der Waals surface area contributed by atoms with Gasteiger partial charge in [-0.3, -0.25) is 24.1 Å². The number of fused-ring (bicyclic) bond motifs is 1. The van der Waals surface area contributed by atoms with E-state index in [4.69, 9.17) is 4.74 Å². The van der Waals surface area contributed by atoms with Crippen LogP contribution >= 0.6 is 0 Å². The number of rotatable bonds is 6. The number of imide groups is 1. The summed E-state index contributed by atoms with van der Waals surface area (Å²) in [6, 6.07) is 4.70. The van der Waals surface area contributed by atoms with E-state index in [-0.39, 0.29) is 48.1 Å². The molecule has 2 N–H and O–H groups in total. The van der Waals surface area contributed by atoms with E-state index in [1.165, 1.54) is 11.0 Å². The van der Waals surface area contributed by atoms with E-state index in [1.54, 1.807) is 58.6 Å². The minimum atomic E-state index is -0.650. The highest BCUT2D eigenvalue weighted by Crippen LogP contribution is 2.30. The molecular weight excluding hydrogens is 476 g/mol. The molecule has 3 rings (SSSR count). The molecule has 0 atom stereocenters. The average molecular weight is 515 g/mol. The van der Waals surface area contributed by atoms with Gasteiger partial charge < -0.3 is 20.3 Å². The molecule has 2 aliphatic rings. The molecule has 10 nitrogen and oxygen atoms in total. The SMILES string of the molecule is CC(C)(C)OC(=O)NCCC(=O)NCC1CCN(C(=O)c2ccc3c(c2)C(=O)N(C(C)(C)C)C3=O)CC1. The van der Waals surface area contributed by atoms with Gasteiger partial charge in [-0.2, -0.15) is 0 Å². The van der Waals surface area contributed by atoms with Crippen molar-refractivity contribution in [3.05, 3.63) is 34.9 Å². The number of hydrogen-bond acceptors (Lipinski definition) is 6. The number of hydrogen-bond donors (Lipinski definition) is 2. The van der Waals surface area contributed by atoms with Crippen molar-refractivity contribution in [2.24, 2.45) is 5.92 Å². The molecule has 2 heterocycles. The zero-order chi connectivity index (χ0) is 27.5. The van der Waals surface area contributed by atoms with Crippen LogP contribution in [-0.2, 0) is 9.53 Å². The third-order valence-corrected chi connectivity index (χ3v) is 6.31. The second-order valence-electron chi connectivity index (χ2n) is 11.6. The summed E-state index contributed by atoms with van der Waals surface area (Å²) < 4.78 is 5.14. The molecule has 0 unspecified atom stereocenters. The molecule has 1 saturated heterocycles. The Morgan fingerprint density at radius 3 is 2.16 bits per heavy atom. The van der Waals surface area contributed by atoms with Crippen LogP contribution in [0, 0.1) is 5.92 Å². The molecule has 0 spiro atoms. The Hall–Kier alpha value is -3.43. The van der Waals surface area contributed by atoms with Gasteiger partial charge in [-0.1, -0.05) is 0 Å². The van der Waals surface area contributed by atoms with Gasteiger partial charge in [0.15, 0.2) is 0 Å². The summed E-state index contributed by atoms with van der Waals surface area (Å²) in [7, 11) is 0. The summed E-state index contributed by atoms with van der Waals surface area (Å²) in [6.07, 6.45) is 1.08. The summed E-state index contributed by atoms with van der Waals surface area (Å²) >= 11 is 0. The summed E-state index contributed by atoms with van der Waals surface area (Å²) in [6.45, 7) is 12.5. The molecule has 0 aromatic heterocycles. The number of nitrogens with one attached hydrogen (secondary N) is 2. The van der Waals surface area contributed by atoms with E-state index in [9.17, 15) is 24.0 Å². The predicted molar refractivity (Wildman–Crippen MR) is 137 cm³/mol. The van der Waals surface area contributed by atoms with Gasteiger partial charge in [0.25, 0.3) is 17.7 Å². The molecule has 2 aliphatic heterocycles. The minimum absolute atomic E-state index is 0.156. The Kier molecular flexibility index (Phi) is 8.29. The molecule has 0 aliphatic carbocycles. The van der Waals surface area contributed by atoms with Gasteiger partial charge in [0, 0.05) is 43.7 Å². The van der Waals surface area contributed by atoms with Gasteiger partial charge >= 0.3 is 6.09 Å². The molecule has 10 heteroatoms. The third-order valence-electron chi connectivity index (χ3n) is 6.31. The zero-order valence-electron chi connectivity index (χ0n) is 22.6. The van der Waals surface area contributed by atoms with E-state index in [0.717, 1.165) is 12.8 Å². The van der Waals surface area contributed by atoms with Gasteiger partial charge in [-0.25, -0.2) is 4.79 Å². The molecule has 0 bridgehead atoms. The van der Waals surface area contributed by atoms with Crippen LogP contribution in [0.15, 0.2) is 18.2 Å². The van der Waals surface area contributed by atoms with Gasteiger partial charge in [-0.05, 0) is 78.5 Å². The fourth-order valence-corrected chi connectivity index (χ4v) is 4.44. The van der Waals surface area contributed by atoms with Crippen LogP contribution in [0.25, 0.3) is 0 Å². The Balaban J connectivity index is 1.45. The number of carbonyl (C=O) groups excluding carboxylic acids is 5. The van der Waals surface area contributed by atoms with Crippen molar-refractivity contribution in [3.63, 3.8) is 0 Å². The molecule has 1 aromatic rings. The standard InChI is InChI=1S/C27H38N4O6/c1-26(2,3)31-23(34)19-8-7-18(15-20(19)24(31)35)22(33)30-13-10-17(11-14-30)16-29-21(32)9-12-28-25(36)37-27(4,5)6/h7-8,15,17H,9-14,16H2,1-6H3,(H,28,36)(H,29,32). The number of ether oxygens (including phenoxy) is 1. The molecule has 5 amide bonds. The van der Waals surface area contributed by atoms with Crippen LogP contribution in [0.1, 0.15) is 91.9 Å². The highest BCUT2D eigenvalue weighted by atomic mass is 16.6. The number of likely N-dealkylation sites (tertiary alicyclic amines) is 1. The lowest BCUT2D eigenvalue weighted by atomic mass is 9.96. The Bertz CT molecular complexity index is 1080. The highest BCUT2D eigenvalue weighted by molar-refractivity contribution is 6.22. The lowest BCUT2D eigenvalue weighted by Crippen LogP contribution is -2.45. The van der Waals surface area contributed by atoms with Crippen LogP contribution < -0.4 is 10.6 Å². The summed E-state index contributed by atoms with van der Waals surface area (Å²) in [4.78, 5) is 65.4. The number of benzene rings is 1. The first-order chi connectivity index (χ1) is 17.2. The maximum absolute atomic E-state index is 13.1. The van der Waals surface area contributed by atoms with Crippen molar-refractivity contribution >= 4 is 29.7 Å². The molecule has 0 saturated carbocycles. The fraction of sp³-hybridized carbons (Fsp3) is 0.593. The maximum atomic E-state index is 13.1. The molecule has 1 fully saturated rings. The normalized spacial score (nSPS) is 16.5. The first kappa shape index (κ1) is 28.1. The number of carbonyl (C=O) groups is 5. The van der Waals surface area contributed by atoms with Crippen molar-refractivity contribution in [2.45, 2.75) is 71.9 Å². The quantitative estimate of drug-likeness (QED) is 0.563. The van der Waals surface area contributed by atoms with Gasteiger partial charge in [0.2, 0.25) is 5.91 Å². The van der Waals surface area contributed by atoms with Crippen LogP contribution in [-0.4, -0.2) is 76.8 Å². The summed E-state index contributed by atoms with van der Waals surface area (Å²) in [5, 5.41) is 5.46. The van der Waals surface area contributed by atoms with Crippen LogP contribution in [0.4, 0.5) is 4.79 Å². The van der Waals surface area contributed by atoms with E-state index in [1.807, 2.05) is 0 Å². The van der Waals surface area contributed by atoms with Crippen LogP contribution in [0.3, 0.4) is 0 Å². The molecule has 1 aromatic carbocycles. The lowest BCUT2D eigenvalue weighted by Gasteiger charge is -2.32. The molecule has 202 valence electrons. The summed E-state index contributed by atoms with van der Waals surface area (Å²) in [5.41, 5.74) is -0.257. The van der Waals surface area contributed by atoms with Crippen LogP contribution in [0.5, 0.6) is 0 Å². The second kappa shape index (κ2) is 10.9. The van der Waals surface area contributed by atoms with E-state index < -0.39 is 17.2 Å². The highest BCUT2D eigenvalue weighted by Gasteiger charge is 2.42. The van der Waals surface area contributed by atoms with Crippen molar-refractivity contribution < 1.29 is 28.7 Å². The zero-order valence-corrected chi connectivity index (χ0v) is 22.6. The second-order valence-corrected chi connectivity index (χ2v) is 11.6. The van der Waals surface area contributed by atoms with Crippen molar-refractivity contribution in [2.75, 3.05) is 26.2 Å². The first-order valence-electron chi connectivity index (χ1n) is 12.7. The largest absolute Gasteiger partial charge is 0.444 e. The molecule has 0 radical (unpaired) electrons. The topological polar surface area (TPSA) is 125 Å². The van der Waals surface area contributed by atoms with Crippen LogP contribution in [0.2, 0.25) is 0 Å². The maximum Gasteiger partial charge on any atom is 0.407 e. The lowest BCUT2D eigenvalue weighted by molar-refractivity contribution is -0.121. The minimum Gasteiger partial charge on any atom is -0.444 e. The van der Waals surface area contributed by atoms with Crippen molar-refractivity contribution in [1.29, 1.82) is 0 Å². The van der Waals surface area contributed by atoms with E-state index >= 15 is 0 Å². The predicted octanol–water partition coefficient (Wildman–Crippen LogP) is 2.96.